The van der Waals surface area contributed by atoms with Gasteiger partial charge in [0.05, 0.1) is 5.75 Å². The maximum atomic E-state index is 13.2. The molecule has 2 aromatic rings. The smallest absolute Gasteiger partial charge is 0.242 e. The average Bonchev–Trinajstić information content (AvgIpc) is 2.74. The second kappa shape index (κ2) is 13.0. The normalized spacial score (nSPS) is 11.9. The van der Waals surface area contributed by atoms with Crippen molar-refractivity contribution in [2.75, 3.05) is 12.3 Å². The summed E-state index contributed by atoms with van der Waals surface area (Å²) >= 11 is 13.7. The molecule has 0 aliphatic heterocycles. The maximum absolute atomic E-state index is 13.2. The molecule has 2 amide bonds. The third-order valence-electron chi connectivity index (χ3n) is 4.76. The van der Waals surface area contributed by atoms with E-state index in [9.17, 15) is 9.59 Å². The van der Waals surface area contributed by atoms with E-state index in [4.69, 9.17) is 23.2 Å². The first kappa shape index (κ1) is 25.6. The molecule has 2 rings (SSSR count). The molecule has 31 heavy (non-hydrogen) atoms. The van der Waals surface area contributed by atoms with Crippen molar-refractivity contribution in [3.63, 3.8) is 0 Å². The Morgan fingerprint density at radius 3 is 2.42 bits per heavy atom. The standard InChI is InChI=1S/C24H30Cl2N2O2S/c1-4-22(24(30)27-13-17(2)3)28(14-18-8-6-5-7-9-18)23(29)16-31-15-19-10-11-20(25)12-21(19)26/h5-12,17,22H,4,13-16H2,1-3H3,(H,27,30)/t22-/m0/s1. The molecule has 0 spiro atoms. The van der Waals surface area contributed by atoms with Crippen LogP contribution in [-0.4, -0.2) is 35.1 Å². The monoisotopic (exact) mass is 480 g/mol. The molecule has 0 saturated heterocycles. The second-order valence-corrected chi connectivity index (χ2v) is 9.63. The van der Waals surface area contributed by atoms with Crippen LogP contribution in [-0.2, 0) is 21.9 Å². The summed E-state index contributed by atoms with van der Waals surface area (Å²) in [4.78, 5) is 27.7. The largest absolute Gasteiger partial charge is 0.354 e. The molecule has 0 aliphatic carbocycles. The van der Waals surface area contributed by atoms with Crippen LogP contribution in [0.1, 0.15) is 38.3 Å². The van der Waals surface area contributed by atoms with Crippen LogP contribution < -0.4 is 5.32 Å². The summed E-state index contributed by atoms with van der Waals surface area (Å²) in [7, 11) is 0. The van der Waals surface area contributed by atoms with E-state index in [0.29, 0.717) is 41.2 Å². The van der Waals surface area contributed by atoms with Gasteiger partial charge in [-0.05, 0) is 35.6 Å². The minimum absolute atomic E-state index is 0.0644. The van der Waals surface area contributed by atoms with E-state index < -0.39 is 6.04 Å². The first-order chi connectivity index (χ1) is 14.8. The van der Waals surface area contributed by atoms with Gasteiger partial charge in [0.25, 0.3) is 0 Å². The van der Waals surface area contributed by atoms with Gasteiger partial charge in [-0.3, -0.25) is 9.59 Å². The van der Waals surface area contributed by atoms with Gasteiger partial charge in [0, 0.05) is 28.9 Å². The van der Waals surface area contributed by atoms with E-state index in [-0.39, 0.29) is 17.6 Å². The number of hydrogen-bond acceptors (Lipinski definition) is 3. The van der Waals surface area contributed by atoms with Crippen LogP contribution in [0.3, 0.4) is 0 Å². The summed E-state index contributed by atoms with van der Waals surface area (Å²) in [6.45, 7) is 7.02. The van der Waals surface area contributed by atoms with Crippen LogP contribution >= 0.6 is 35.0 Å². The van der Waals surface area contributed by atoms with Crippen molar-refractivity contribution in [3.8, 4) is 0 Å². The molecule has 0 bridgehead atoms. The fourth-order valence-corrected chi connectivity index (χ4v) is 4.56. The number of amides is 2. The predicted molar refractivity (Wildman–Crippen MR) is 132 cm³/mol. The van der Waals surface area contributed by atoms with Crippen LogP contribution in [0.15, 0.2) is 48.5 Å². The summed E-state index contributed by atoms with van der Waals surface area (Å²) < 4.78 is 0. The summed E-state index contributed by atoms with van der Waals surface area (Å²) in [5.74, 6) is 1.04. The number of benzene rings is 2. The van der Waals surface area contributed by atoms with Gasteiger partial charge < -0.3 is 10.2 Å². The number of carbonyl (C=O) groups excluding carboxylic acids is 2. The van der Waals surface area contributed by atoms with Crippen molar-refractivity contribution >= 4 is 46.8 Å². The Bertz CT molecular complexity index is 862. The molecule has 4 nitrogen and oxygen atoms in total. The quantitative estimate of drug-likeness (QED) is 0.441. The lowest BCUT2D eigenvalue weighted by atomic mass is 10.1. The molecule has 2 aromatic carbocycles. The average molecular weight is 481 g/mol. The molecule has 0 heterocycles. The molecular formula is C24H30Cl2N2O2S. The molecule has 7 heteroatoms. The molecule has 0 fully saturated rings. The molecule has 0 unspecified atom stereocenters. The van der Waals surface area contributed by atoms with Gasteiger partial charge in [0.15, 0.2) is 0 Å². The van der Waals surface area contributed by atoms with Gasteiger partial charge in [0.2, 0.25) is 11.8 Å². The Morgan fingerprint density at radius 1 is 1.10 bits per heavy atom. The topological polar surface area (TPSA) is 49.4 Å². The van der Waals surface area contributed by atoms with Crippen LogP contribution in [0.4, 0.5) is 0 Å². The highest BCUT2D eigenvalue weighted by Gasteiger charge is 2.28. The van der Waals surface area contributed by atoms with Crippen molar-refractivity contribution in [1.29, 1.82) is 0 Å². The highest BCUT2D eigenvalue weighted by Crippen LogP contribution is 2.25. The number of nitrogens with one attached hydrogen (secondary N) is 1. The Balaban J connectivity index is 2.10. The van der Waals surface area contributed by atoms with Crippen molar-refractivity contribution in [2.24, 2.45) is 5.92 Å². The van der Waals surface area contributed by atoms with Crippen LogP contribution in [0.25, 0.3) is 0 Å². The Hall–Kier alpha value is -1.69. The number of carbonyl (C=O) groups is 2. The maximum Gasteiger partial charge on any atom is 0.242 e. The van der Waals surface area contributed by atoms with Gasteiger partial charge in [0.1, 0.15) is 6.04 Å². The molecule has 1 atom stereocenters. The number of rotatable bonds is 11. The summed E-state index contributed by atoms with van der Waals surface area (Å²) in [6, 6.07) is 14.6. The number of nitrogens with zero attached hydrogens (tertiary/aromatic N) is 1. The van der Waals surface area contributed by atoms with Gasteiger partial charge in [-0.15, -0.1) is 11.8 Å². The lowest BCUT2D eigenvalue weighted by molar-refractivity contribution is -0.139. The molecule has 0 saturated carbocycles. The highest BCUT2D eigenvalue weighted by atomic mass is 35.5. The third kappa shape index (κ3) is 8.40. The van der Waals surface area contributed by atoms with Crippen LogP contribution in [0, 0.1) is 5.92 Å². The number of thioether (sulfide) groups is 1. The SMILES string of the molecule is CC[C@@H](C(=O)NCC(C)C)N(Cc1ccccc1)C(=O)CSCc1ccc(Cl)cc1Cl. The Morgan fingerprint density at radius 2 is 1.81 bits per heavy atom. The highest BCUT2D eigenvalue weighted by molar-refractivity contribution is 7.99. The van der Waals surface area contributed by atoms with E-state index in [1.807, 2.05) is 57.2 Å². The molecule has 168 valence electrons. The first-order valence-corrected chi connectivity index (χ1v) is 12.4. The van der Waals surface area contributed by atoms with Crippen molar-refractivity contribution in [1.82, 2.24) is 10.2 Å². The summed E-state index contributed by atoms with van der Waals surface area (Å²) in [5.41, 5.74) is 1.93. The molecule has 0 radical (unpaired) electrons. The van der Waals surface area contributed by atoms with E-state index >= 15 is 0 Å². The number of hydrogen-bond donors (Lipinski definition) is 1. The lowest BCUT2D eigenvalue weighted by Gasteiger charge is -2.31. The lowest BCUT2D eigenvalue weighted by Crippen LogP contribution is -2.50. The van der Waals surface area contributed by atoms with Crippen molar-refractivity contribution < 1.29 is 9.59 Å². The zero-order valence-electron chi connectivity index (χ0n) is 18.2. The summed E-state index contributed by atoms with van der Waals surface area (Å²) in [5, 5.41) is 4.16. The third-order valence-corrected chi connectivity index (χ3v) is 6.32. The van der Waals surface area contributed by atoms with Crippen molar-refractivity contribution in [2.45, 2.75) is 45.5 Å². The minimum atomic E-state index is -0.508. The second-order valence-electron chi connectivity index (χ2n) is 7.80. The van der Waals surface area contributed by atoms with E-state index in [1.165, 1.54) is 11.8 Å². The van der Waals surface area contributed by atoms with Gasteiger partial charge in [-0.1, -0.05) is 80.4 Å². The van der Waals surface area contributed by atoms with E-state index in [2.05, 4.69) is 5.32 Å². The van der Waals surface area contributed by atoms with E-state index in [0.717, 1.165) is 11.1 Å². The van der Waals surface area contributed by atoms with Crippen molar-refractivity contribution in [3.05, 3.63) is 69.7 Å². The zero-order chi connectivity index (χ0) is 22.8. The van der Waals surface area contributed by atoms with Crippen LogP contribution in [0.2, 0.25) is 10.0 Å². The van der Waals surface area contributed by atoms with E-state index in [1.54, 1.807) is 17.0 Å². The first-order valence-electron chi connectivity index (χ1n) is 10.4. The summed E-state index contributed by atoms with van der Waals surface area (Å²) in [6.07, 6.45) is 0.552. The fourth-order valence-electron chi connectivity index (χ4n) is 3.09. The predicted octanol–water partition coefficient (Wildman–Crippen LogP) is 5.81. The van der Waals surface area contributed by atoms with Crippen LogP contribution in [0.5, 0.6) is 0 Å². The van der Waals surface area contributed by atoms with Gasteiger partial charge >= 0.3 is 0 Å². The molecule has 0 aliphatic rings. The Kier molecular flexibility index (Phi) is 10.7. The zero-order valence-corrected chi connectivity index (χ0v) is 20.6. The Labute approximate surface area is 199 Å². The molecular weight excluding hydrogens is 451 g/mol. The minimum Gasteiger partial charge on any atom is -0.354 e. The van der Waals surface area contributed by atoms with Gasteiger partial charge in [-0.2, -0.15) is 0 Å². The molecule has 1 N–H and O–H groups in total. The fraction of sp³-hybridized carbons (Fsp3) is 0.417. The molecule has 0 aromatic heterocycles. The van der Waals surface area contributed by atoms with Gasteiger partial charge in [-0.25, -0.2) is 0 Å². The number of halogens is 2.